The van der Waals surface area contributed by atoms with Gasteiger partial charge < -0.3 is 9.84 Å². The van der Waals surface area contributed by atoms with Gasteiger partial charge in [0, 0.05) is 11.0 Å². The van der Waals surface area contributed by atoms with E-state index in [1.54, 1.807) is 13.0 Å². The topological polar surface area (TPSA) is 46.5 Å². The highest BCUT2D eigenvalue weighted by molar-refractivity contribution is 5.85. The molecule has 1 saturated heterocycles. The molecule has 0 bridgehead atoms. The van der Waals surface area contributed by atoms with Crippen molar-refractivity contribution in [3.63, 3.8) is 0 Å². The van der Waals surface area contributed by atoms with Gasteiger partial charge in [-0.15, -0.1) is 0 Å². The van der Waals surface area contributed by atoms with Crippen LogP contribution in [0.4, 0.5) is 0 Å². The summed E-state index contributed by atoms with van der Waals surface area (Å²) in [6, 6.07) is 0. The van der Waals surface area contributed by atoms with Crippen molar-refractivity contribution in [3.05, 3.63) is 11.6 Å². The summed E-state index contributed by atoms with van der Waals surface area (Å²) in [5.41, 5.74) is 0.597. The number of carbonyl (C=O) groups is 1. The van der Waals surface area contributed by atoms with Crippen molar-refractivity contribution in [2.45, 2.75) is 20.3 Å². The highest BCUT2D eigenvalue weighted by atomic mass is 16.5. The van der Waals surface area contributed by atoms with Crippen LogP contribution in [0.5, 0.6) is 0 Å². The molecular formula is C9H14O3. The van der Waals surface area contributed by atoms with Crippen LogP contribution >= 0.6 is 0 Å². The highest BCUT2D eigenvalue weighted by Gasteiger charge is 2.32. The molecule has 1 rings (SSSR count). The summed E-state index contributed by atoms with van der Waals surface area (Å²) in [6.07, 6.45) is 2.57. The van der Waals surface area contributed by atoms with Crippen LogP contribution in [0.3, 0.4) is 0 Å². The van der Waals surface area contributed by atoms with E-state index in [0.29, 0.717) is 5.57 Å². The van der Waals surface area contributed by atoms with Crippen molar-refractivity contribution < 1.29 is 14.6 Å². The summed E-state index contributed by atoms with van der Waals surface area (Å²) in [7, 11) is 0. The maximum absolute atomic E-state index is 10.4. The number of carboxylic acids is 1. The van der Waals surface area contributed by atoms with E-state index in [2.05, 4.69) is 6.92 Å². The minimum absolute atomic E-state index is 0.177. The Morgan fingerprint density at radius 3 is 2.58 bits per heavy atom. The monoisotopic (exact) mass is 170 g/mol. The Morgan fingerprint density at radius 2 is 2.25 bits per heavy atom. The van der Waals surface area contributed by atoms with Gasteiger partial charge in [-0.2, -0.15) is 0 Å². The van der Waals surface area contributed by atoms with E-state index in [1.165, 1.54) is 0 Å². The van der Waals surface area contributed by atoms with Crippen LogP contribution < -0.4 is 0 Å². The lowest BCUT2D eigenvalue weighted by Crippen LogP contribution is -2.39. The molecule has 0 spiro atoms. The van der Waals surface area contributed by atoms with Gasteiger partial charge in [0.05, 0.1) is 13.2 Å². The number of hydrogen-bond acceptors (Lipinski definition) is 2. The van der Waals surface area contributed by atoms with Crippen LogP contribution in [-0.4, -0.2) is 24.3 Å². The lowest BCUT2D eigenvalue weighted by molar-refractivity contribution is -0.132. The number of aliphatic carboxylic acids is 1. The Labute approximate surface area is 72.0 Å². The van der Waals surface area contributed by atoms with Crippen LogP contribution in [-0.2, 0) is 9.53 Å². The van der Waals surface area contributed by atoms with Crippen molar-refractivity contribution >= 4 is 5.97 Å². The summed E-state index contributed by atoms with van der Waals surface area (Å²) < 4.78 is 5.05. The van der Waals surface area contributed by atoms with Crippen LogP contribution in [0.2, 0.25) is 0 Å². The minimum atomic E-state index is -0.834. The second kappa shape index (κ2) is 3.27. The molecule has 1 N–H and O–H groups in total. The standard InChI is InChI=1S/C9H14O3/c1-7(8(10)11)3-4-9(2)5-12-6-9/h3H,4-6H2,1-2H3,(H,10,11). The molecule has 0 aromatic rings. The zero-order valence-corrected chi connectivity index (χ0v) is 7.46. The molecule has 3 heteroatoms. The summed E-state index contributed by atoms with van der Waals surface area (Å²) >= 11 is 0. The molecule has 0 aromatic carbocycles. The first-order valence-corrected chi connectivity index (χ1v) is 4.01. The van der Waals surface area contributed by atoms with Gasteiger partial charge in [0.1, 0.15) is 0 Å². The maximum Gasteiger partial charge on any atom is 0.330 e. The Morgan fingerprint density at radius 1 is 1.67 bits per heavy atom. The minimum Gasteiger partial charge on any atom is -0.478 e. The van der Waals surface area contributed by atoms with Crippen molar-refractivity contribution in [2.75, 3.05) is 13.2 Å². The molecule has 1 heterocycles. The quantitative estimate of drug-likeness (QED) is 0.652. The van der Waals surface area contributed by atoms with Gasteiger partial charge in [-0.05, 0) is 13.3 Å². The first-order valence-electron chi connectivity index (χ1n) is 4.01. The molecule has 12 heavy (non-hydrogen) atoms. The fourth-order valence-electron chi connectivity index (χ4n) is 1.06. The third kappa shape index (κ3) is 2.08. The zero-order valence-electron chi connectivity index (χ0n) is 7.46. The zero-order chi connectivity index (χ0) is 9.19. The predicted octanol–water partition coefficient (Wildman–Crippen LogP) is 1.44. The summed E-state index contributed by atoms with van der Waals surface area (Å²) in [5, 5.41) is 8.57. The van der Waals surface area contributed by atoms with Crippen LogP contribution in [0.1, 0.15) is 20.3 Å². The Hall–Kier alpha value is -0.830. The van der Waals surface area contributed by atoms with E-state index in [9.17, 15) is 4.79 Å². The number of hydrogen-bond donors (Lipinski definition) is 1. The van der Waals surface area contributed by atoms with E-state index in [4.69, 9.17) is 9.84 Å². The molecular weight excluding hydrogens is 156 g/mol. The molecule has 0 aromatic heterocycles. The van der Waals surface area contributed by atoms with Gasteiger partial charge in [-0.3, -0.25) is 0 Å². The van der Waals surface area contributed by atoms with E-state index >= 15 is 0 Å². The van der Waals surface area contributed by atoms with Gasteiger partial charge in [-0.25, -0.2) is 4.79 Å². The average Bonchev–Trinajstić information content (AvgIpc) is 1.96. The fourth-order valence-corrected chi connectivity index (χ4v) is 1.06. The largest absolute Gasteiger partial charge is 0.478 e. The number of carboxylic acid groups (broad SMARTS) is 1. The average molecular weight is 170 g/mol. The van der Waals surface area contributed by atoms with E-state index in [1.807, 2.05) is 0 Å². The van der Waals surface area contributed by atoms with Gasteiger partial charge >= 0.3 is 5.97 Å². The SMILES string of the molecule is CC(=CCC1(C)COC1)C(=O)O. The lowest BCUT2D eigenvalue weighted by Gasteiger charge is -2.37. The Balaban J connectivity index is 2.42. The van der Waals surface area contributed by atoms with Crippen molar-refractivity contribution in [2.24, 2.45) is 5.41 Å². The molecule has 1 aliphatic rings. The molecule has 1 fully saturated rings. The molecule has 0 amide bonds. The second-order valence-corrected chi connectivity index (χ2v) is 3.70. The molecule has 0 radical (unpaired) electrons. The van der Waals surface area contributed by atoms with Gasteiger partial charge in [0.15, 0.2) is 0 Å². The third-order valence-corrected chi connectivity index (χ3v) is 2.14. The molecule has 68 valence electrons. The Kier molecular flexibility index (Phi) is 2.52. The first kappa shape index (κ1) is 9.26. The second-order valence-electron chi connectivity index (χ2n) is 3.70. The maximum atomic E-state index is 10.4. The van der Waals surface area contributed by atoms with E-state index in [0.717, 1.165) is 19.6 Å². The van der Waals surface area contributed by atoms with Gasteiger partial charge in [-0.1, -0.05) is 13.0 Å². The van der Waals surface area contributed by atoms with Gasteiger partial charge in [0.25, 0.3) is 0 Å². The fraction of sp³-hybridized carbons (Fsp3) is 0.667. The third-order valence-electron chi connectivity index (χ3n) is 2.14. The van der Waals surface area contributed by atoms with Crippen LogP contribution in [0.25, 0.3) is 0 Å². The number of ether oxygens (including phenoxy) is 1. The number of rotatable bonds is 3. The van der Waals surface area contributed by atoms with Gasteiger partial charge in [0.2, 0.25) is 0 Å². The van der Waals surface area contributed by atoms with E-state index in [-0.39, 0.29) is 5.41 Å². The highest BCUT2D eigenvalue weighted by Crippen LogP contribution is 2.31. The van der Waals surface area contributed by atoms with Crippen molar-refractivity contribution in [1.29, 1.82) is 0 Å². The molecule has 1 aliphatic heterocycles. The molecule has 3 nitrogen and oxygen atoms in total. The Bertz CT molecular complexity index is 214. The van der Waals surface area contributed by atoms with Crippen LogP contribution in [0, 0.1) is 5.41 Å². The van der Waals surface area contributed by atoms with Crippen LogP contribution in [0.15, 0.2) is 11.6 Å². The normalized spacial score (nSPS) is 21.7. The molecule has 0 saturated carbocycles. The molecule has 0 atom stereocenters. The molecule has 0 unspecified atom stereocenters. The van der Waals surface area contributed by atoms with Crippen molar-refractivity contribution in [1.82, 2.24) is 0 Å². The number of allylic oxidation sites excluding steroid dienone is 1. The van der Waals surface area contributed by atoms with Crippen molar-refractivity contribution in [3.8, 4) is 0 Å². The van der Waals surface area contributed by atoms with E-state index < -0.39 is 5.97 Å². The predicted molar refractivity (Wildman–Crippen MR) is 44.9 cm³/mol. The first-order chi connectivity index (χ1) is 5.53. The smallest absolute Gasteiger partial charge is 0.330 e. The summed E-state index contributed by atoms with van der Waals surface area (Å²) in [5.74, 6) is -0.834. The molecule has 0 aliphatic carbocycles. The summed E-state index contributed by atoms with van der Waals surface area (Å²) in [6.45, 7) is 5.21. The lowest BCUT2D eigenvalue weighted by atomic mass is 9.84. The summed E-state index contributed by atoms with van der Waals surface area (Å²) in [4.78, 5) is 10.4.